The van der Waals surface area contributed by atoms with Crippen LogP contribution in [0.1, 0.15) is 32.1 Å². The Morgan fingerprint density at radius 1 is 1.36 bits per heavy atom. The van der Waals surface area contributed by atoms with Crippen LogP contribution in [0, 0.1) is 5.92 Å². The van der Waals surface area contributed by atoms with Crippen LogP contribution in [-0.2, 0) is 0 Å². The summed E-state index contributed by atoms with van der Waals surface area (Å²) in [6.07, 6.45) is 6.52. The molecule has 11 heavy (non-hydrogen) atoms. The van der Waals surface area contributed by atoms with E-state index in [1.54, 1.807) is 7.05 Å². The maximum atomic E-state index is 5.33. The third-order valence-corrected chi connectivity index (χ3v) is 2.38. The third-order valence-electron chi connectivity index (χ3n) is 2.38. The first kappa shape index (κ1) is 8.53. The molecule has 0 spiro atoms. The quantitative estimate of drug-likeness (QED) is 0.257. The minimum absolute atomic E-state index is 0.596. The lowest BCUT2D eigenvalue weighted by molar-refractivity contribution is 0.432. The van der Waals surface area contributed by atoms with Crippen LogP contribution in [0.4, 0.5) is 0 Å². The second-order valence-corrected chi connectivity index (χ2v) is 3.09. The first-order chi connectivity index (χ1) is 5.38. The zero-order valence-corrected chi connectivity index (χ0v) is 7.14. The molecule has 3 nitrogen and oxygen atoms in total. The van der Waals surface area contributed by atoms with Crippen molar-refractivity contribution >= 4 is 5.84 Å². The summed E-state index contributed by atoms with van der Waals surface area (Å²) in [4.78, 5) is 4.11. The average Bonchev–Trinajstić information content (AvgIpc) is 2.09. The third kappa shape index (κ3) is 2.19. The van der Waals surface area contributed by atoms with Crippen LogP contribution < -0.4 is 11.3 Å². The van der Waals surface area contributed by atoms with Gasteiger partial charge in [-0.15, -0.1) is 0 Å². The fraction of sp³-hybridized carbons (Fsp3) is 0.875. The zero-order chi connectivity index (χ0) is 8.10. The van der Waals surface area contributed by atoms with Crippen molar-refractivity contribution < 1.29 is 0 Å². The number of rotatable bonds is 1. The van der Waals surface area contributed by atoms with Crippen LogP contribution in [0.15, 0.2) is 4.99 Å². The van der Waals surface area contributed by atoms with Gasteiger partial charge in [-0.2, -0.15) is 0 Å². The van der Waals surface area contributed by atoms with Gasteiger partial charge in [0.05, 0.1) is 0 Å². The Morgan fingerprint density at radius 3 is 2.45 bits per heavy atom. The molecular weight excluding hydrogens is 138 g/mol. The Bertz CT molecular complexity index is 136. The van der Waals surface area contributed by atoms with E-state index in [2.05, 4.69) is 10.4 Å². The molecule has 3 N–H and O–H groups in total. The van der Waals surface area contributed by atoms with E-state index in [0.29, 0.717) is 5.92 Å². The maximum Gasteiger partial charge on any atom is 0.113 e. The Hall–Kier alpha value is -0.570. The molecule has 1 aliphatic rings. The fourth-order valence-corrected chi connectivity index (χ4v) is 1.74. The predicted octanol–water partition coefficient (Wildman–Crippen LogP) is 1.06. The van der Waals surface area contributed by atoms with Gasteiger partial charge in [0.15, 0.2) is 0 Å². The van der Waals surface area contributed by atoms with Crippen molar-refractivity contribution in [3.63, 3.8) is 0 Å². The predicted molar refractivity (Wildman–Crippen MR) is 47.3 cm³/mol. The van der Waals surface area contributed by atoms with Crippen molar-refractivity contribution in [2.75, 3.05) is 7.05 Å². The van der Waals surface area contributed by atoms with Gasteiger partial charge in [0.25, 0.3) is 0 Å². The van der Waals surface area contributed by atoms with E-state index in [9.17, 15) is 0 Å². The molecule has 1 rings (SSSR count). The lowest BCUT2D eigenvalue weighted by Gasteiger charge is -2.22. The highest BCUT2D eigenvalue weighted by molar-refractivity contribution is 5.83. The van der Waals surface area contributed by atoms with Gasteiger partial charge < -0.3 is 5.43 Å². The van der Waals surface area contributed by atoms with Gasteiger partial charge in [0, 0.05) is 13.0 Å². The molecule has 0 atom stereocenters. The van der Waals surface area contributed by atoms with Crippen molar-refractivity contribution in [2.45, 2.75) is 32.1 Å². The molecule has 3 heteroatoms. The number of amidine groups is 1. The van der Waals surface area contributed by atoms with Crippen LogP contribution >= 0.6 is 0 Å². The maximum absolute atomic E-state index is 5.33. The smallest absolute Gasteiger partial charge is 0.113 e. The van der Waals surface area contributed by atoms with Gasteiger partial charge in [0.2, 0.25) is 0 Å². The highest BCUT2D eigenvalue weighted by atomic mass is 15.2. The minimum Gasteiger partial charge on any atom is -0.312 e. The standard InChI is InChI=1S/C8H17N3/c1-10-8(11-9)7-5-3-2-4-6-7/h7H,2-6,9H2,1H3,(H,10,11). The molecule has 0 amide bonds. The summed E-state index contributed by atoms with van der Waals surface area (Å²) in [7, 11) is 1.80. The summed E-state index contributed by atoms with van der Waals surface area (Å²) in [6, 6.07) is 0. The van der Waals surface area contributed by atoms with E-state index in [1.165, 1.54) is 32.1 Å². The summed E-state index contributed by atoms with van der Waals surface area (Å²) in [6.45, 7) is 0. The van der Waals surface area contributed by atoms with E-state index >= 15 is 0 Å². The summed E-state index contributed by atoms with van der Waals surface area (Å²) < 4.78 is 0. The number of hydrazine groups is 1. The van der Waals surface area contributed by atoms with E-state index in [-0.39, 0.29) is 0 Å². The van der Waals surface area contributed by atoms with Gasteiger partial charge in [-0.3, -0.25) is 4.99 Å². The monoisotopic (exact) mass is 155 g/mol. The van der Waals surface area contributed by atoms with E-state index in [0.717, 1.165) is 5.84 Å². The van der Waals surface area contributed by atoms with Crippen LogP contribution in [0.2, 0.25) is 0 Å². The first-order valence-corrected chi connectivity index (χ1v) is 4.31. The molecule has 1 aliphatic carbocycles. The molecule has 0 aromatic rings. The number of nitrogens with zero attached hydrogens (tertiary/aromatic N) is 1. The molecular formula is C8H17N3. The number of nitrogens with one attached hydrogen (secondary N) is 1. The van der Waals surface area contributed by atoms with E-state index in [1.807, 2.05) is 0 Å². The molecule has 64 valence electrons. The molecule has 0 saturated heterocycles. The van der Waals surface area contributed by atoms with E-state index < -0.39 is 0 Å². The summed E-state index contributed by atoms with van der Waals surface area (Å²) >= 11 is 0. The number of hydrogen-bond acceptors (Lipinski definition) is 2. The van der Waals surface area contributed by atoms with Crippen LogP contribution in [0.5, 0.6) is 0 Å². The molecule has 0 aliphatic heterocycles. The second kappa shape index (κ2) is 4.34. The number of nitrogens with two attached hydrogens (primary N) is 1. The van der Waals surface area contributed by atoms with Crippen LogP contribution in [-0.4, -0.2) is 12.9 Å². The summed E-state index contributed by atoms with van der Waals surface area (Å²) in [5.74, 6) is 6.91. The van der Waals surface area contributed by atoms with E-state index in [4.69, 9.17) is 5.84 Å². The topological polar surface area (TPSA) is 50.4 Å². The Kier molecular flexibility index (Phi) is 3.36. The fourth-order valence-electron chi connectivity index (χ4n) is 1.74. The van der Waals surface area contributed by atoms with Crippen molar-refractivity contribution in [3.8, 4) is 0 Å². The number of hydrogen-bond donors (Lipinski definition) is 2. The van der Waals surface area contributed by atoms with Crippen molar-refractivity contribution in [1.29, 1.82) is 0 Å². The highest BCUT2D eigenvalue weighted by Gasteiger charge is 2.17. The van der Waals surface area contributed by atoms with Crippen molar-refractivity contribution in [3.05, 3.63) is 0 Å². The Morgan fingerprint density at radius 2 is 2.00 bits per heavy atom. The number of aliphatic imine (C=N–C) groups is 1. The average molecular weight is 155 g/mol. The summed E-state index contributed by atoms with van der Waals surface area (Å²) in [5.41, 5.74) is 2.67. The van der Waals surface area contributed by atoms with Crippen LogP contribution in [0.3, 0.4) is 0 Å². The van der Waals surface area contributed by atoms with Gasteiger partial charge in [-0.25, -0.2) is 5.84 Å². The Balaban J connectivity index is 2.43. The lowest BCUT2D eigenvalue weighted by atomic mass is 9.88. The molecule has 0 bridgehead atoms. The van der Waals surface area contributed by atoms with Gasteiger partial charge in [-0.1, -0.05) is 19.3 Å². The van der Waals surface area contributed by atoms with Gasteiger partial charge >= 0.3 is 0 Å². The highest BCUT2D eigenvalue weighted by Crippen LogP contribution is 2.23. The minimum atomic E-state index is 0.596. The largest absolute Gasteiger partial charge is 0.312 e. The summed E-state index contributed by atoms with van der Waals surface area (Å²) in [5, 5.41) is 0. The van der Waals surface area contributed by atoms with Crippen LogP contribution in [0.25, 0.3) is 0 Å². The van der Waals surface area contributed by atoms with Crippen molar-refractivity contribution in [1.82, 2.24) is 5.43 Å². The normalized spacial score (nSPS) is 21.8. The molecule has 0 radical (unpaired) electrons. The van der Waals surface area contributed by atoms with Crippen molar-refractivity contribution in [2.24, 2.45) is 16.8 Å². The lowest BCUT2D eigenvalue weighted by Crippen LogP contribution is -2.36. The van der Waals surface area contributed by atoms with Gasteiger partial charge in [-0.05, 0) is 12.8 Å². The molecule has 0 heterocycles. The molecule has 0 unspecified atom stereocenters. The molecule has 1 fully saturated rings. The SMILES string of the molecule is CN=C(NN)C1CCCCC1. The Labute approximate surface area is 68.0 Å². The zero-order valence-electron chi connectivity index (χ0n) is 7.14. The second-order valence-electron chi connectivity index (χ2n) is 3.09. The molecule has 0 aromatic heterocycles. The van der Waals surface area contributed by atoms with Gasteiger partial charge in [0.1, 0.15) is 5.84 Å². The molecule has 1 saturated carbocycles. The molecule has 0 aromatic carbocycles. The first-order valence-electron chi connectivity index (χ1n) is 4.31.